The summed E-state index contributed by atoms with van der Waals surface area (Å²) in [4.78, 5) is 63.0. The van der Waals surface area contributed by atoms with Gasteiger partial charge in [0.2, 0.25) is 0 Å². The monoisotopic (exact) mass is 732 g/mol. The number of carbonyl (C=O) groups is 4. The highest BCUT2D eigenvalue weighted by Crippen LogP contribution is 2.27. The molecule has 3 fully saturated rings. The summed E-state index contributed by atoms with van der Waals surface area (Å²) in [6, 6.07) is 11.8. The van der Waals surface area contributed by atoms with Crippen LogP contribution in [0.3, 0.4) is 0 Å². The van der Waals surface area contributed by atoms with E-state index in [-0.39, 0.29) is 36.1 Å². The summed E-state index contributed by atoms with van der Waals surface area (Å²) >= 11 is 0. The molecule has 0 saturated carbocycles. The topological polar surface area (TPSA) is 135 Å². The van der Waals surface area contributed by atoms with Crippen molar-refractivity contribution in [2.24, 2.45) is 0 Å². The van der Waals surface area contributed by atoms with Gasteiger partial charge in [0.25, 0.3) is 5.91 Å². The van der Waals surface area contributed by atoms with Gasteiger partial charge >= 0.3 is 18.1 Å². The highest BCUT2D eigenvalue weighted by molar-refractivity contribution is 5.91. The zero-order valence-corrected chi connectivity index (χ0v) is 31.6. The van der Waals surface area contributed by atoms with Gasteiger partial charge in [-0.2, -0.15) is 0 Å². The number of rotatable bonds is 10. The Labute approximate surface area is 313 Å². The van der Waals surface area contributed by atoms with Crippen molar-refractivity contribution in [1.82, 2.24) is 24.5 Å². The highest BCUT2D eigenvalue weighted by Gasteiger charge is 2.36. The maximum Gasteiger partial charge on any atom is 0.410 e. The normalized spacial score (nSPS) is 20.0. The summed E-state index contributed by atoms with van der Waals surface area (Å²) in [5.74, 6) is -0.155. The lowest BCUT2D eigenvalue weighted by atomic mass is 10.00. The minimum Gasteiger partial charge on any atom is -0.507 e. The quantitative estimate of drug-likeness (QED) is 0.345. The molecule has 0 bridgehead atoms. The van der Waals surface area contributed by atoms with Gasteiger partial charge in [-0.15, -0.1) is 0 Å². The van der Waals surface area contributed by atoms with Gasteiger partial charge in [0, 0.05) is 83.1 Å². The van der Waals surface area contributed by atoms with Gasteiger partial charge in [0.1, 0.15) is 5.75 Å². The van der Waals surface area contributed by atoms with E-state index in [1.54, 1.807) is 4.90 Å². The molecule has 0 spiro atoms. The Morgan fingerprint density at radius 1 is 0.868 bits per heavy atom. The molecule has 4 aliphatic heterocycles. The van der Waals surface area contributed by atoms with Crippen LogP contribution in [-0.2, 0) is 31.9 Å². The lowest BCUT2D eigenvalue weighted by Gasteiger charge is -2.43. The number of ether oxygens (including phenoxy) is 2. The van der Waals surface area contributed by atoms with E-state index in [1.165, 1.54) is 0 Å². The fourth-order valence-corrected chi connectivity index (χ4v) is 8.25. The number of fused-ring (bicyclic) bond motifs is 1. The van der Waals surface area contributed by atoms with Crippen LogP contribution in [0.1, 0.15) is 61.3 Å². The minimum absolute atomic E-state index is 0.000395. The number of aryl methyl sites for hydroxylation is 2. The van der Waals surface area contributed by atoms with Crippen LogP contribution in [0.4, 0.5) is 15.3 Å². The number of aromatic hydroxyl groups is 1. The number of amides is 4. The van der Waals surface area contributed by atoms with E-state index in [4.69, 9.17) is 9.47 Å². The summed E-state index contributed by atoms with van der Waals surface area (Å²) in [5.41, 5.74) is 4.19. The summed E-state index contributed by atoms with van der Waals surface area (Å²) < 4.78 is 11.3. The van der Waals surface area contributed by atoms with Crippen LogP contribution >= 0.6 is 0 Å². The molecule has 2 N–H and O–H groups in total. The summed E-state index contributed by atoms with van der Waals surface area (Å²) in [6.45, 7) is 12.1. The molecule has 6 rings (SSSR count). The number of nitrogens with one attached hydrogen (secondary N) is 1. The number of urea groups is 1. The second kappa shape index (κ2) is 17.6. The van der Waals surface area contributed by atoms with Crippen LogP contribution in [0.25, 0.3) is 0 Å². The standard InChI is InChI=1S/C40H56N6O7/c1-4-23-52-36(47)27-42-14-10-32(11-15-42)43-19-21-44(22-20-43)38(49)35(26-30-24-28(2)37(48)29(3)25-30)53-40(51)45-16-12-33(13-17-45)46-18-9-31-7-5-6-8-34(31)41-39(46)50/h5-8,24-25,32-33,35,48H,4,9-23,26-27H2,1-3H3,(H,41,50)/t35-/m1/s1. The molecule has 0 aliphatic carbocycles. The average molecular weight is 733 g/mol. The van der Waals surface area contributed by atoms with Gasteiger partial charge in [0.05, 0.1) is 13.2 Å². The number of esters is 1. The van der Waals surface area contributed by atoms with Crippen molar-refractivity contribution in [3.8, 4) is 5.75 Å². The number of piperidine rings is 2. The molecule has 3 saturated heterocycles. The number of hydrogen-bond acceptors (Lipinski definition) is 9. The largest absolute Gasteiger partial charge is 0.507 e. The molecule has 0 aromatic heterocycles. The van der Waals surface area contributed by atoms with Gasteiger partial charge in [-0.25, -0.2) is 9.59 Å². The van der Waals surface area contributed by atoms with Gasteiger partial charge < -0.3 is 34.6 Å². The molecule has 288 valence electrons. The molecular weight excluding hydrogens is 676 g/mol. The Balaban J connectivity index is 1.04. The Morgan fingerprint density at radius 3 is 2.21 bits per heavy atom. The molecule has 4 heterocycles. The van der Waals surface area contributed by atoms with Crippen molar-refractivity contribution < 1.29 is 33.8 Å². The van der Waals surface area contributed by atoms with Crippen LogP contribution in [0.5, 0.6) is 5.75 Å². The fourth-order valence-electron chi connectivity index (χ4n) is 8.25. The van der Waals surface area contributed by atoms with E-state index in [0.717, 1.165) is 68.7 Å². The number of hydrogen-bond donors (Lipinski definition) is 2. The molecule has 4 aliphatic rings. The Bertz CT molecular complexity index is 1590. The maximum atomic E-state index is 14.1. The third-order valence-electron chi connectivity index (χ3n) is 11.3. The Morgan fingerprint density at radius 2 is 1.53 bits per heavy atom. The van der Waals surface area contributed by atoms with E-state index < -0.39 is 12.2 Å². The van der Waals surface area contributed by atoms with Gasteiger partial charge in [-0.3, -0.25) is 19.4 Å². The smallest absolute Gasteiger partial charge is 0.410 e. The second-order valence-electron chi connectivity index (χ2n) is 15.0. The molecular formula is C40H56N6O7. The number of carbonyl (C=O) groups excluding carboxylic acids is 4. The van der Waals surface area contributed by atoms with Crippen molar-refractivity contribution in [2.75, 3.05) is 77.4 Å². The minimum atomic E-state index is -1.01. The maximum absolute atomic E-state index is 14.1. The van der Waals surface area contributed by atoms with Crippen molar-refractivity contribution in [2.45, 2.75) is 83.9 Å². The molecule has 0 radical (unpaired) electrons. The predicted molar refractivity (Wildman–Crippen MR) is 201 cm³/mol. The predicted octanol–water partition coefficient (Wildman–Crippen LogP) is 4.17. The number of para-hydroxylation sites is 1. The molecule has 13 heteroatoms. The first-order valence-electron chi connectivity index (χ1n) is 19.4. The Kier molecular flexibility index (Phi) is 12.8. The van der Waals surface area contributed by atoms with Crippen molar-refractivity contribution >= 4 is 29.7 Å². The second-order valence-corrected chi connectivity index (χ2v) is 15.0. The number of phenolic OH excluding ortho intramolecular Hbond substituents is 1. The highest BCUT2D eigenvalue weighted by atomic mass is 16.6. The van der Waals surface area contributed by atoms with Crippen LogP contribution in [0.15, 0.2) is 36.4 Å². The third kappa shape index (κ3) is 9.61. The molecule has 13 nitrogen and oxygen atoms in total. The van der Waals surface area contributed by atoms with E-state index in [2.05, 4.69) is 15.1 Å². The lowest BCUT2D eigenvalue weighted by molar-refractivity contribution is -0.145. The van der Waals surface area contributed by atoms with E-state index in [9.17, 15) is 24.3 Å². The molecule has 1 atom stereocenters. The number of benzene rings is 2. The van der Waals surface area contributed by atoms with Crippen molar-refractivity contribution in [1.29, 1.82) is 0 Å². The van der Waals surface area contributed by atoms with Crippen LogP contribution in [-0.4, -0.2) is 144 Å². The third-order valence-corrected chi connectivity index (χ3v) is 11.3. The Hall–Kier alpha value is -4.36. The summed E-state index contributed by atoms with van der Waals surface area (Å²) in [7, 11) is 0. The van der Waals surface area contributed by atoms with E-state index >= 15 is 0 Å². The first-order valence-corrected chi connectivity index (χ1v) is 19.4. The number of nitrogens with zero attached hydrogens (tertiary/aromatic N) is 5. The van der Waals surface area contributed by atoms with Crippen LogP contribution in [0, 0.1) is 13.8 Å². The fraction of sp³-hybridized carbons (Fsp3) is 0.600. The summed E-state index contributed by atoms with van der Waals surface area (Å²) in [5, 5.41) is 13.4. The van der Waals surface area contributed by atoms with Crippen LogP contribution < -0.4 is 5.32 Å². The number of anilines is 1. The first kappa shape index (κ1) is 38.4. The van der Waals surface area contributed by atoms with Gasteiger partial charge in [-0.1, -0.05) is 37.3 Å². The zero-order chi connectivity index (χ0) is 37.5. The molecule has 4 amide bonds. The molecule has 2 aromatic rings. The SMILES string of the molecule is CCCOC(=O)CN1CCC(N2CCN(C(=O)[C@@H](Cc3cc(C)c(O)c(C)c3)OC(=O)N3CCC(N4CCc5ccccc5NC4=O)CC3)CC2)CC1. The molecule has 53 heavy (non-hydrogen) atoms. The molecule has 2 aromatic carbocycles. The number of piperazine rings is 1. The van der Waals surface area contributed by atoms with E-state index in [1.807, 2.05) is 67.0 Å². The number of phenols is 1. The van der Waals surface area contributed by atoms with Crippen LogP contribution in [0.2, 0.25) is 0 Å². The average Bonchev–Trinajstić information content (AvgIpc) is 3.34. The molecule has 0 unspecified atom stereocenters. The van der Waals surface area contributed by atoms with E-state index in [0.29, 0.717) is 75.9 Å². The van der Waals surface area contributed by atoms with Gasteiger partial charge in [0.15, 0.2) is 6.10 Å². The van der Waals surface area contributed by atoms with Crippen molar-refractivity contribution in [3.63, 3.8) is 0 Å². The first-order chi connectivity index (χ1) is 25.6. The number of likely N-dealkylation sites (tertiary alicyclic amines) is 2. The van der Waals surface area contributed by atoms with Crippen molar-refractivity contribution in [3.05, 3.63) is 58.7 Å². The summed E-state index contributed by atoms with van der Waals surface area (Å²) in [6.07, 6.45) is 3.42. The zero-order valence-electron chi connectivity index (χ0n) is 31.6. The van der Waals surface area contributed by atoms with Gasteiger partial charge in [-0.05, 0) is 80.7 Å². The lowest BCUT2D eigenvalue weighted by Crippen LogP contribution is -2.57.